The summed E-state index contributed by atoms with van der Waals surface area (Å²) in [5.74, 6) is 2.47. The molecule has 19 heavy (non-hydrogen) atoms. The van der Waals surface area contributed by atoms with Crippen LogP contribution in [0.15, 0.2) is 12.4 Å². The molecule has 1 N–H and O–H groups in total. The summed E-state index contributed by atoms with van der Waals surface area (Å²) in [6, 6.07) is 0.485. The zero-order valence-electron chi connectivity index (χ0n) is 12.9. The van der Waals surface area contributed by atoms with Crippen LogP contribution < -0.4 is 5.32 Å². The highest BCUT2D eigenvalue weighted by atomic mass is 15.2. The van der Waals surface area contributed by atoms with Crippen LogP contribution in [0.4, 0.5) is 0 Å². The van der Waals surface area contributed by atoms with E-state index in [9.17, 15) is 0 Å². The molecule has 1 saturated carbocycles. The van der Waals surface area contributed by atoms with Crippen LogP contribution in [0.5, 0.6) is 0 Å². The Morgan fingerprint density at radius 3 is 2.53 bits per heavy atom. The normalized spacial score (nSPS) is 29.4. The van der Waals surface area contributed by atoms with Crippen molar-refractivity contribution in [2.45, 2.75) is 52.5 Å². The highest BCUT2D eigenvalue weighted by Gasteiger charge is 2.31. The van der Waals surface area contributed by atoms with Crippen molar-refractivity contribution in [1.82, 2.24) is 15.1 Å². The molecule has 0 aromatic carbocycles. The first-order valence-electron chi connectivity index (χ1n) is 7.82. The Kier molecular flexibility index (Phi) is 5.03. The first-order chi connectivity index (χ1) is 9.10. The summed E-state index contributed by atoms with van der Waals surface area (Å²) in [5.41, 5.74) is 1.36. The van der Waals surface area contributed by atoms with Crippen molar-refractivity contribution < 1.29 is 0 Å². The highest BCUT2D eigenvalue weighted by Crippen LogP contribution is 2.39. The van der Waals surface area contributed by atoms with E-state index >= 15 is 0 Å². The molecule has 3 atom stereocenters. The Bertz CT molecular complexity index is 375. The van der Waals surface area contributed by atoms with E-state index in [1.165, 1.54) is 31.2 Å². The second-order valence-electron chi connectivity index (χ2n) is 6.56. The molecule has 1 aromatic rings. The first kappa shape index (κ1) is 14.6. The summed E-state index contributed by atoms with van der Waals surface area (Å²) in [7, 11) is 2.01. The van der Waals surface area contributed by atoms with Crippen molar-refractivity contribution in [2.75, 3.05) is 6.54 Å². The van der Waals surface area contributed by atoms with Crippen LogP contribution in [0.2, 0.25) is 0 Å². The number of rotatable bonds is 5. The molecular formula is C16H29N3. The summed E-state index contributed by atoms with van der Waals surface area (Å²) in [6.07, 6.45) is 9.49. The molecule has 0 radical (unpaired) electrons. The van der Waals surface area contributed by atoms with Gasteiger partial charge in [0, 0.05) is 24.8 Å². The number of aromatic nitrogens is 2. The van der Waals surface area contributed by atoms with Crippen LogP contribution in [0.1, 0.15) is 58.1 Å². The number of nitrogens with one attached hydrogen (secondary N) is 1. The quantitative estimate of drug-likeness (QED) is 0.880. The van der Waals surface area contributed by atoms with Crippen LogP contribution in [-0.2, 0) is 7.05 Å². The molecule has 1 aliphatic carbocycles. The van der Waals surface area contributed by atoms with Gasteiger partial charge in [0.25, 0.3) is 0 Å². The maximum atomic E-state index is 4.36. The third-order valence-corrected chi connectivity index (χ3v) is 4.38. The van der Waals surface area contributed by atoms with Gasteiger partial charge in [0.05, 0.1) is 6.20 Å². The van der Waals surface area contributed by atoms with E-state index in [-0.39, 0.29) is 0 Å². The molecule has 1 aliphatic rings. The van der Waals surface area contributed by atoms with Gasteiger partial charge in [0.15, 0.2) is 0 Å². The largest absolute Gasteiger partial charge is 0.310 e. The molecule has 0 spiro atoms. The Hall–Kier alpha value is -0.830. The van der Waals surface area contributed by atoms with E-state index in [1.54, 1.807) is 0 Å². The zero-order valence-corrected chi connectivity index (χ0v) is 12.9. The molecule has 108 valence electrons. The zero-order chi connectivity index (χ0) is 13.8. The van der Waals surface area contributed by atoms with Gasteiger partial charge in [0.1, 0.15) is 0 Å². The maximum Gasteiger partial charge on any atom is 0.0537 e. The van der Waals surface area contributed by atoms with Gasteiger partial charge in [0.2, 0.25) is 0 Å². The highest BCUT2D eigenvalue weighted by molar-refractivity contribution is 5.12. The molecule has 0 aliphatic heterocycles. The van der Waals surface area contributed by atoms with Gasteiger partial charge < -0.3 is 5.32 Å². The number of aryl methyl sites for hydroxylation is 1. The van der Waals surface area contributed by atoms with Crippen LogP contribution in [0, 0.1) is 17.8 Å². The summed E-state index contributed by atoms with van der Waals surface area (Å²) in [6.45, 7) is 8.14. The van der Waals surface area contributed by atoms with E-state index in [1.807, 2.05) is 17.9 Å². The van der Waals surface area contributed by atoms with Crippen LogP contribution in [0.3, 0.4) is 0 Å². The van der Waals surface area contributed by atoms with E-state index in [2.05, 4.69) is 37.4 Å². The minimum Gasteiger partial charge on any atom is -0.310 e. The monoisotopic (exact) mass is 263 g/mol. The molecule has 1 heterocycles. The number of hydrogen-bond acceptors (Lipinski definition) is 2. The van der Waals surface area contributed by atoms with E-state index in [0.717, 1.165) is 24.3 Å². The average Bonchev–Trinajstić information content (AvgIpc) is 2.75. The molecule has 0 saturated heterocycles. The van der Waals surface area contributed by atoms with Crippen LogP contribution in [-0.4, -0.2) is 16.3 Å². The van der Waals surface area contributed by atoms with E-state index in [4.69, 9.17) is 0 Å². The Balaban J connectivity index is 2.12. The fourth-order valence-corrected chi connectivity index (χ4v) is 3.74. The van der Waals surface area contributed by atoms with Crippen LogP contribution in [0.25, 0.3) is 0 Å². The van der Waals surface area contributed by atoms with Gasteiger partial charge in [-0.25, -0.2) is 0 Å². The van der Waals surface area contributed by atoms with Crippen LogP contribution >= 0.6 is 0 Å². The molecule has 1 aromatic heterocycles. The van der Waals surface area contributed by atoms with E-state index < -0.39 is 0 Å². The Morgan fingerprint density at radius 1 is 1.32 bits per heavy atom. The molecule has 0 bridgehead atoms. The number of nitrogens with zero attached hydrogens (tertiary/aromatic N) is 2. The summed E-state index contributed by atoms with van der Waals surface area (Å²) in [4.78, 5) is 0. The minimum absolute atomic E-state index is 0.485. The van der Waals surface area contributed by atoms with Gasteiger partial charge in [-0.05, 0) is 50.0 Å². The molecule has 2 rings (SSSR count). The third kappa shape index (κ3) is 3.82. The lowest BCUT2D eigenvalue weighted by Gasteiger charge is -2.36. The molecular weight excluding hydrogens is 234 g/mol. The molecule has 3 heteroatoms. The van der Waals surface area contributed by atoms with Gasteiger partial charge in [-0.1, -0.05) is 20.8 Å². The SMILES string of the molecule is CCCNC(c1cnn(C)c1)C1CC(C)CC(C)C1. The van der Waals surface area contributed by atoms with Gasteiger partial charge in [-0.2, -0.15) is 5.10 Å². The Morgan fingerprint density at radius 2 is 2.00 bits per heavy atom. The van der Waals surface area contributed by atoms with Crippen molar-refractivity contribution in [3.05, 3.63) is 18.0 Å². The van der Waals surface area contributed by atoms with E-state index in [0.29, 0.717) is 6.04 Å². The van der Waals surface area contributed by atoms with Gasteiger partial charge in [-0.3, -0.25) is 4.68 Å². The lowest BCUT2D eigenvalue weighted by Crippen LogP contribution is -2.33. The standard InChI is InChI=1S/C16H29N3/c1-5-6-17-16(15-10-18-19(4)11-15)14-8-12(2)7-13(3)9-14/h10-14,16-17H,5-9H2,1-4H3. The lowest BCUT2D eigenvalue weighted by atomic mass is 9.72. The molecule has 1 fully saturated rings. The van der Waals surface area contributed by atoms with Crippen molar-refractivity contribution in [1.29, 1.82) is 0 Å². The third-order valence-electron chi connectivity index (χ3n) is 4.38. The predicted octanol–water partition coefficient (Wildman–Crippen LogP) is 3.53. The smallest absolute Gasteiger partial charge is 0.0537 e. The topological polar surface area (TPSA) is 29.9 Å². The van der Waals surface area contributed by atoms with Gasteiger partial charge in [-0.15, -0.1) is 0 Å². The maximum absolute atomic E-state index is 4.36. The second kappa shape index (κ2) is 6.56. The lowest BCUT2D eigenvalue weighted by molar-refractivity contribution is 0.176. The van der Waals surface area contributed by atoms with Crippen molar-refractivity contribution >= 4 is 0 Å². The van der Waals surface area contributed by atoms with Gasteiger partial charge >= 0.3 is 0 Å². The Labute approximate surface area is 117 Å². The summed E-state index contributed by atoms with van der Waals surface area (Å²) < 4.78 is 1.92. The molecule has 0 amide bonds. The molecule has 3 unspecified atom stereocenters. The fraction of sp³-hybridized carbons (Fsp3) is 0.812. The predicted molar refractivity (Wildman–Crippen MR) is 79.9 cm³/mol. The van der Waals surface area contributed by atoms with Crippen molar-refractivity contribution in [3.63, 3.8) is 0 Å². The van der Waals surface area contributed by atoms with Crippen molar-refractivity contribution in [3.8, 4) is 0 Å². The number of hydrogen-bond donors (Lipinski definition) is 1. The summed E-state index contributed by atoms with van der Waals surface area (Å²) >= 11 is 0. The fourth-order valence-electron chi connectivity index (χ4n) is 3.74. The summed E-state index contributed by atoms with van der Waals surface area (Å²) in [5, 5.41) is 8.11. The molecule has 3 nitrogen and oxygen atoms in total. The van der Waals surface area contributed by atoms with Crippen molar-refractivity contribution in [2.24, 2.45) is 24.8 Å². The first-order valence-corrected chi connectivity index (χ1v) is 7.82. The second-order valence-corrected chi connectivity index (χ2v) is 6.56. The average molecular weight is 263 g/mol. The minimum atomic E-state index is 0.485.